The van der Waals surface area contributed by atoms with E-state index in [-0.39, 0.29) is 11.4 Å². The predicted molar refractivity (Wildman–Crippen MR) is 98.6 cm³/mol. The summed E-state index contributed by atoms with van der Waals surface area (Å²) in [6.45, 7) is 10.3. The Bertz CT molecular complexity index is 680. The zero-order chi connectivity index (χ0) is 17.7. The molecule has 1 amide bonds. The van der Waals surface area contributed by atoms with Gasteiger partial charge in [-0.2, -0.15) is 0 Å². The molecule has 0 unspecified atom stereocenters. The smallest absolute Gasteiger partial charge is 0.275 e. The van der Waals surface area contributed by atoms with E-state index in [4.69, 9.17) is 0 Å². The molecular formula is C19H26N4O. The van der Waals surface area contributed by atoms with Gasteiger partial charge in [0.25, 0.3) is 5.91 Å². The molecule has 0 aliphatic carbocycles. The maximum Gasteiger partial charge on any atom is 0.275 e. The number of nitrogens with one attached hydrogen (secondary N) is 2. The highest BCUT2D eigenvalue weighted by Crippen LogP contribution is 2.23. The number of carbonyl (C=O) groups is 1. The largest absolute Gasteiger partial charge is 0.364 e. The Kier molecular flexibility index (Phi) is 5.54. The van der Waals surface area contributed by atoms with Gasteiger partial charge >= 0.3 is 0 Å². The molecule has 128 valence electrons. The first-order valence-electron chi connectivity index (χ1n) is 8.36. The number of nitrogens with zero attached hydrogens (tertiary/aromatic N) is 2. The average molecular weight is 326 g/mol. The Morgan fingerprint density at radius 1 is 1.04 bits per heavy atom. The van der Waals surface area contributed by atoms with Gasteiger partial charge in [0, 0.05) is 11.2 Å². The molecule has 0 saturated heterocycles. The van der Waals surface area contributed by atoms with E-state index < -0.39 is 0 Å². The summed E-state index contributed by atoms with van der Waals surface area (Å²) in [4.78, 5) is 21.0. The second-order valence-electron chi connectivity index (χ2n) is 6.77. The summed E-state index contributed by atoms with van der Waals surface area (Å²) in [5, 5.41) is 6.23. The molecule has 5 heteroatoms. The highest BCUT2D eigenvalue weighted by molar-refractivity contribution is 6.03. The van der Waals surface area contributed by atoms with Crippen LogP contribution in [0.3, 0.4) is 0 Å². The van der Waals surface area contributed by atoms with Crippen LogP contribution in [0.2, 0.25) is 0 Å². The average Bonchev–Trinajstić information content (AvgIpc) is 2.54. The Morgan fingerprint density at radius 3 is 2.12 bits per heavy atom. The van der Waals surface area contributed by atoms with E-state index in [2.05, 4.69) is 34.4 Å². The minimum atomic E-state index is -0.236. The van der Waals surface area contributed by atoms with Crippen molar-refractivity contribution in [3.05, 3.63) is 47.4 Å². The number of aromatic nitrogens is 2. The van der Waals surface area contributed by atoms with E-state index in [0.29, 0.717) is 11.5 Å². The zero-order valence-corrected chi connectivity index (χ0v) is 15.1. The normalized spacial score (nSPS) is 11.2. The molecule has 1 heterocycles. The molecule has 0 radical (unpaired) electrons. The van der Waals surface area contributed by atoms with Crippen LogP contribution in [0.1, 0.15) is 56.2 Å². The first kappa shape index (κ1) is 17.9. The van der Waals surface area contributed by atoms with Gasteiger partial charge in [0.05, 0.1) is 12.4 Å². The summed E-state index contributed by atoms with van der Waals surface area (Å²) in [6, 6.07) is 6.10. The number of hydrogen-bond donors (Lipinski definition) is 2. The second kappa shape index (κ2) is 7.43. The van der Waals surface area contributed by atoms with Crippen molar-refractivity contribution in [2.24, 2.45) is 0 Å². The topological polar surface area (TPSA) is 66.9 Å². The molecule has 5 nitrogen and oxygen atoms in total. The molecule has 0 aliphatic rings. The van der Waals surface area contributed by atoms with E-state index in [1.165, 1.54) is 6.20 Å². The van der Waals surface area contributed by atoms with E-state index in [9.17, 15) is 4.79 Å². The summed E-state index contributed by atoms with van der Waals surface area (Å²) in [6.07, 6.45) is 4.82. The SMILES string of the molecule is CCc1cccc(CC)c1NC(=O)c1cnc(NC(C)(C)C)cn1. The van der Waals surface area contributed by atoms with Crippen molar-refractivity contribution in [1.29, 1.82) is 0 Å². The van der Waals surface area contributed by atoms with Crippen LogP contribution in [0, 0.1) is 0 Å². The number of benzene rings is 1. The molecule has 0 aliphatic heterocycles. The minimum Gasteiger partial charge on any atom is -0.364 e. The fraction of sp³-hybridized carbons (Fsp3) is 0.421. The van der Waals surface area contributed by atoms with E-state index in [0.717, 1.165) is 29.7 Å². The molecule has 2 rings (SSSR count). The van der Waals surface area contributed by atoms with Gasteiger partial charge in [0.1, 0.15) is 11.5 Å². The van der Waals surface area contributed by atoms with Crippen LogP contribution in [0.4, 0.5) is 11.5 Å². The van der Waals surface area contributed by atoms with Crippen LogP contribution in [-0.4, -0.2) is 21.4 Å². The van der Waals surface area contributed by atoms with Crippen LogP contribution >= 0.6 is 0 Å². The monoisotopic (exact) mass is 326 g/mol. The highest BCUT2D eigenvalue weighted by Gasteiger charge is 2.14. The standard InChI is InChI=1S/C19H26N4O/c1-6-13-9-8-10-14(7-2)17(13)22-18(24)15-11-21-16(12-20-15)23-19(3,4)5/h8-12H,6-7H2,1-5H3,(H,21,23)(H,22,24). The fourth-order valence-electron chi connectivity index (χ4n) is 2.47. The summed E-state index contributed by atoms with van der Waals surface area (Å²) >= 11 is 0. The Hall–Kier alpha value is -2.43. The van der Waals surface area contributed by atoms with Gasteiger partial charge < -0.3 is 10.6 Å². The van der Waals surface area contributed by atoms with Gasteiger partial charge in [-0.1, -0.05) is 32.0 Å². The van der Waals surface area contributed by atoms with Gasteiger partial charge in [0.2, 0.25) is 0 Å². The number of anilines is 2. The van der Waals surface area contributed by atoms with Crippen LogP contribution in [-0.2, 0) is 12.8 Å². The number of carbonyl (C=O) groups excluding carboxylic acids is 1. The lowest BCUT2D eigenvalue weighted by atomic mass is 10.0. The van der Waals surface area contributed by atoms with Crippen molar-refractivity contribution in [3.8, 4) is 0 Å². The third-order valence-electron chi connectivity index (χ3n) is 3.62. The van der Waals surface area contributed by atoms with Crippen LogP contribution in [0.5, 0.6) is 0 Å². The van der Waals surface area contributed by atoms with Crippen molar-refractivity contribution in [1.82, 2.24) is 9.97 Å². The maximum atomic E-state index is 12.5. The molecule has 1 aromatic heterocycles. The Balaban J connectivity index is 2.19. The van der Waals surface area contributed by atoms with Crippen molar-refractivity contribution in [3.63, 3.8) is 0 Å². The Labute approximate surface area is 143 Å². The summed E-state index contributed by atoms with van der Waals surface area (Å²) in [5.74, 6) is 0.419. The molecule has 24 heavy (non-hydrogen) atoms. The third kappa shape index (κ3) is 4.54. The van der Waals surface area contributed by atoms with E-state index in [1.807, 2.05) is 39.0 Å². The molecular weight excluding hydrogens is 300 g/mol. The second-order valence-corrected chi connectivity index (χ2v) is 6.77. The highest BCUT2D eigenvalue weighted by atomic mass is 16.1. The van der Waals surface area contributed by atoms with Gasteiger partial charge in [-0.25, -0.2) is 9.97 Å². The van der Waals surface area contributed by atoms with Crippen LogP contribution in [0.15, 0.2) is 30.6 Å². The van der Waals surface area contributed by atoms with Crippen LogP contribution in [0.25, 0.3) is 0 Å². The molecule has 2 N–H and O–H groups in total. The molecule has 0 saturated carbocycles. The summed E-state index contributed by atoms with van der Waals surface area (Å²) < 4.78 is 0. The van der Waals surface area contributed by atoms with Crippen molar-refractivity contribution < 1.29 is 4.79 Å². The summed E-state index contributed by atoms with van der Waals surface area (Å²) in [5.41, 5.74) is 3.35. The van der Waals surface area contributed by atoms with Gasteiger partial charge in [-0.15, -0.1) is 0 Å². The lowest BCUT2D eigenvalue weighted by Crippen LogP contribution is -2.27. The molecule has 0 spiro atoms. The maximum absolute atomic E-state index is 12.5. The molecule has 0 bridgehead atoms. The number of hydrogen-bond acceptors (Lipinski definition) is 4. The molecule has 0 fully saturated rings. The van der Waals surface area contributed by atoms with E-state index in [1.54, 1.807) is 6.20 Å². The zero-order valence-electron chi connectivity index (χ0n) is 15.1. The van der Waals surface area contributed by atoms with Gasteiger partial charge in [-0.05, 0) is 44.7 Å². The third-order valence-corrected chi connectivity index (χ3v) is 3.62. The molecule has 1 aromatic carbocycles. The number of amides is 1. The lowest BCUT2D eigenvalue weighted by molar-refractivity contribution is 0.102. The van der Waals surface area contributed by atoms with Gasteiger partial charge in [-0.3, -0.25) is 4.79 Å². The first-order valence-corrected chi connectivity index (χ1v) is 8.36. The predicted octanol–water partition coefficient (Wildman–Crippen LogP) is 4.06. The molecule has 0 atom stereocenters. The van der Waals surface area contributed by atoms with Crippen LogP contribution < -0.4 is 10.6 Å². The number of para-hydroxylation sites is 1. The lowest BCUT2D eigenvalue weighted by Gasteiger charge is -2.20. The van der Waals surface area contributed by atoms with Crippen molar-refractivity contribution in [2.45, 2.75) is 53.0 Å². The first-order chi connectivity index (χ1) is 11.3. The quantitative estimate of drug-likeness (QED) is 0.869. The number of aryl methyl sites for hydroxylation is 2. The summed E-state index contributed by atoms with van der Waals surface area (Å²) in [7, 11) is 0. The Morgan fingerprint density at radius 2 is 1.67 bits per heavy atom. The van der Waals surface area contributed by atoms with Crippen molar-refractivity contribution >= 4 is 17.4 Å². The minimum absolute atomic E-state index is 0.103. The number of rotatable bonds is 5. The van der Waals surface area contributed by atoms with Gasteiger partial charge in [0.15, 0.2) is 0 Å². The van der Waals surface area contributed by atoms with Crippen molar-refractivity contribution in [2.75, 3.05) is 10.6 Å². The fourth-order valence-corrected chi connectivity index (χ4v) is 2.47. The molecule has 2 aromatic rings. The van der Waals surface area contributed by atoms with E-state index >= 15 is 0 Å².